The van der Waals surface area contributed by atoms with Crippen molar-refractivity contribution in [2.24, 2.45) is 0 Å². The molecule has 0 saturated carbocycles. The molecule has 0 spiro atoms. The normalized spacial score (nSPS) is 14.4. The molecule has 21 heavy (non-hydrogen) atoms. The zero-order valence-corrected chi connectivity index (χ0v) is 13.0. The fourth-order valence-electron chi connectivity index (χ4n) is 1.94. The van der Waals surface area contributed by atoms with Gasteiger partial charge in [0.25, 0.3) is 11.8 Å². The maximum absolute atomic E-state index is 12.1. The Morgan fingerprint density at radius 2 is 2.14 bits per heavy atom. The molecule has 1 aliphatic heterocycles. The van der Waals surface area contributed by atoms with Crippen molar-refractivity contribution < 1.29 is 19.4 Å². The van der Waals surface area contributed by atoms with Crippen LogP contribution in [-0.4, -0.2) is 41.6 Å². The second kappa shape index (κ2) is 6.73. The van der Waals surface area contributed by atoms with Crippen molar-refractivity contribution in [1.29, 1.82) is 0 Å². The third kappa shape index (κ3) is 3.43. The van der Waals surface area contributed by atoms with Crippen LogP contribution in [-0.2, 0) is 9.59 Å². The Morgan fingerprint density at radius 3 is 2.81 bits per heavy atom. The van der Waals surface area contributed by atoms with Gasteiger partial charge in [-0.05, 0) is 25.1 Å². The highest BCUT2D eigenvalue weighted by atomic mass is 79.9. The molecule has 0 aromatic heterocycles. The Balaban J connectivity index is 2.22. The number of aliphatic hydroxyl groups is 1. The zero-order valence-electron chi connectivity index (χ0n) is 11.4. The highest BCUT2D eigenvalue weighted by Gasteiger charge is 2.31. The van der Waals surface area contributed by atoms with Crippen molar-refractivity contribution in [1.82, 2.24) is 4.90 Å². The molecule has 1 aromatic carbocycles. The molecule has 2 N–H and O–H groups in total. The van der Waals surface area contributed by atoms with Gasteiger partial charge in [0.2, 0.25) is 0 Å². The largest absolute Gasteiger partial charge is 0.492 e. The number of benzene rings is 1. The summed E-state index contributed by atoms with van der Waals surface area (Å²) in [5, 5.41) is 11.8. The number of ether oxygens (including phenoxy) is 1. The maximum atomic E-state index is 12.1. The van der Waals surface area contributed by atoms with Crippen LogP contribution >= 0.6 is 15.9 Å². The average molecular weight is 355 g/mol. The lowest BCUT2D eigenvalue weighted by atomic mass is 10.2. The quantitative estimate of drug-likeness (QED) is 0.757. The van der Waals surface area contributed by atoms with Gasteiger partial charge < -0.3 is 15.2 Å². The highest BCUT2D eigenvalue weighted by Crippen LogP contribution is 2.30. The molecule has 6 nitrogen and oxygen atoms in total. The lowest BCUT2D eigenvalue weighted by Crippen LogP contribution is -2.34. The van der Waals surface area contributed by atoms with E-state index in [9.17, 15) is 9.59 Å². The van der Waals surface area contributed by atoms with E-state index in [1.165, 1.54) is 6.08 Å². The van der Waals surface area contributed by atoms with E-state index in [2.05, 4.69) is 21.2 Å². The summed E-state index contributed by atoms with van der Waals surface area (Å²) in [5.41, 5.74) is 0.747. The predicted molar refractivity (Wildman–Crippen MR) is 80.8 cm³/mol. The van der Waals surface area contributed by atoms with Gasteiger partial charge in [0.15, 0.2) is 0 Å². The van der Waals surface area contributed by atoms with E-state index >= 15 is 0 Å². The highest BCUT2D eigenvalue weighted by molar-refractivity contribution is 9.10. The summed E-state index contributed by atoms with van der Waals surface area (Å²) in [6, 6.07) is 5.35. The molecule has 0 atom stereocenters. The number of amides is 2. The molecular weight excluding hydrogens is 340 g/mol. The van der Waals surface area contributed by atoms with Crippen LogP contribution < -0.4 is 10.1 Å². The SMILES string of the molecule is CCOc1ccc(Br)cc1NC1=CC(=O)N(CCO)C1=O. The van der Waals surface area contributed by atoms with Crippen LogP contribution in [0.25, 0.3) is 0 Å². The molecule has 1 aliphatic rings. The molecule has 7 heteroatoms. The summed E-state index contributed by atoms with van der Waals surface area (Å²) in [4.78, 5) is 24.8. The molecule has 0 fully saturated rings. The number of carbonyl (C=O) groups excluding carboxylic acids is 2. The first-order chi connectivity index (χ1) is 10.1. The van der Waals surface area contributed by atoms with E-state index in [1.54, 1.807) is 12.1 Å². The fraction of sp³-hybridized carbons (Fsp3) is 0.286. The summed E-state index contributed by atoms with van der Waals surface area (Å²) in [7, 11) is 0. The summed E-state index contributed by atoms with van der Waals surface area (Å²) in [6.07, 6.45) is 1.22. The number of hydrogen-bond donors (Lipinski definition) is 2. The van der Waals surface area contributed by atoms with Crippen LogP contribution in [0.3, 0.4) is 0 Å². The molecule has 0 bridgehead atoms. The molecule has 1 aromatic rings. The van der Waals surface area contributed by atoms with Crippen LogP contribution in [0.1, 0.15) is 6.92 Å². The van der Waals surface area contributed by atoms with E-state index in [0.29, 0.717) is 18.0 Å². The van der Waals surface area contributed by atoms with Crippen molar-refractivity contribution in [2.45, 2.75) is 6.92 Å². The van der Waals surface area contributed by atoms with Crippen molar-refractivity contribution in [3.05, 3.63) is 34.4 Å². The third-order valence-corrected chi connectivity index (χ3v) is 3.34. The molecule has 0 unspecified atom stereocenters. The van der Waals surface area contributed by atoms with Gasteiger partial charge in [0.05, 0.1) is 25.4 Å². The summed E-state index contributed by atoms with van der Waals surface area (Å²) < 4.78 is 6.30. The monoisotopic (exact) mass is 354 g/mol. The van der Waals surface area contributed by atoms with E-state index in [4.69, 9.17) is 9.84 Å². The number of imide groups is 1. The molecule has 0 saturated heterocycles. The first-order valence-electron chi connectivity index (χ1n) is 6.44. The van der Waals surface area contributed by atoms with Gasteiger partial charge >= 0.3 is 0 Å². The predicted octanol–water partition coefficient (Wildman–Crippen LogP) is 1.50. The molecule has 0 aliphatic carbocycles. The second-order valence-electron chi connectivity index (χ2n) is 4.28. The van der Waals surface area contributed by atoms with Crippen LogP contribution in [0.4, 0.5) is 5.69 Å². The maximum Gasteiger partial charge on any atom is 0.277 e. The van der Waals surface area contributed by atoms with Crippen molar-refractivity contribution in [3.8, 4) is 5.75 Å². The molecular formula is C14H15BrN2O4. The van der Waals surface area contributed by atoms with E-state index in [-0.39, 0.29) is 18.8 Å². The minimum absolute atomic E-state index is 0.0177. The van der Waals surface area contributed by atoms with Crippen molar-refractivity contribution >= 4 is 33.4 Å². The summed E-state index contributed by atoms with van der Waals surface area (Å²) in [6.45, 7) is 2.06. The molecule has 2 amide bonds. The molecule has 112 valence electrons. The number of β-amino-alcohol motifs (C(OH)–C–C–N with tert-alkyl or cyclic N) is 1. The van der Waals surface area contributed by atoms with Gasteiger partial charge in [0.1, 0.15) is 11.4 Å². The number of anilines is 1. The van der Waals surface area contributed by atoms with Gasteiger partial charge in [-0.1, -0.05) is 15.9 Å². The second-order valence-corrected chi connectivity index (χ2v) is 5.19. The minimum atomic E-state index is -0.462. The number of halogens is 1. The lowest BCUT2D eigenvalue weighted by Gasteiger charge is -2.15. The first-order valence-corrected chi connectivity index (χ1v) is 7.24. The summed E-state index contributed by atoms with van der Waals surface area (Å²) >= 11 is 3.35. The number of carbonyl (C=O) groups is 2. The number of nitrogens with zero attached hydrogens (tertiary/aromatic N) is 1. The smallest absolute Gasteiger partial charge is 0.277 e. The van der Waals surface area contributed by atoms with Crippen molar-refractivity contribution in [3.63, 3.8) is 0 Å². The van der Waals surface area contributed by atoms with Gasteiger partial charge in [-0.25, -0.2) is 0 Å². The Bertz CT molecular complexity index is 601. The third-order valence-electron chi connectivity index (χ3n) is 2.84. The topological polar surface area (TPSA) is 78.9 Å². The van der Waals surface area contributed by atoms with Crippen LogP contribution in [0, 0.1) is 0 Å². The Labute approximate surface area is 130 Å². The zero-order chi connectivity index (χ0) is 15.4. The Kier molecular flexibility index (Phi) is 4.98. The van der Waals surface area contributed by atoms with E-state index in [1.807, 2.05) is 13.0 Å². The number of hydrogen-bond acceptors (Lipinski definition) is 5. The number of aliphatic hydroxyl groups excluding tert-OH is 1. The molecule has 0 radical (unpaired) electrons. The fourth-order valence-corrected chi connectivity index (χ4v) is 2.30. The van der Waals surface area contributed by atoms with Crippen LogP contribution in [0.15, 0.2) is 34.4 Å². The number of rotatable bonds is 6. The summed E-state index contributed by atoms with van der Waals surface area (Å²) in [5.74, 6) is -0.316. The Hall–Kier alpha value is -1.86. The first kappa shape index (κ1) is 15.5. The average Bonchev–Trinajstić information content (AvgIpc) is 2.70. The minimum Gasteiger partial charge on any atom is -0.492 e. The van der Waals surface area contributed by atoms with Gasteiger partial charge in [-0.2, -0.15) is 0 Å². The van der Waals surface area contributed by atoms with Gasteiger partial charge in [0, 0.05) is 10.5 Å². The molecule has 2 rings (SSSR count). The van der Waals surface area contributed by atoms with Crippen molar-refractivity contribution in [2.75, 3.05) is 25.1 Å². The van der Waals surface area contributed by atoms with E-state index < -0.39 is 11.8 Å². The van der Waals surface area contributed by atoms with Gasteiger partial charge in [-0.3, -0.25) is 14.5 Å². The van der Waals surface area contributed by atoms with Crippen LogP contribution in [0.5, 0.6) is 5.75 Å². The van der Waals surface area contributed by atoms with Gasteiger partial charge in [-0.15, -0.1) is 0 Å². The number of nitrogens with one attached hydrogen (secondary N) is 1. The lowest BCUT2D eigenvalue weighted by molar-refractivity contribution is -0.137. The standard InChI is InChI=1S/C14H15BrN2O4/c1-2-21-12-4-3-9(15)7-10(12)16-11-8-13(19)17(5-6-18)14(11)20/h3-4,7-8,16,18H,2,5-6H2,1H3. The molecule has 1 heterocycles. The van der Waals surface area contributed by atoms with E-state index in [0.717, 1.165) is 9.37 Å². The van der Waals surface area contributed by atoms with Crippen LogP contribution in [0.2, 0.25) is 0 Å². The Morgan fingerprint density at radius 1 is 1.38 bits per heavy atom.